The summed E-state index contributed by atoms with van der Waals surface area (Å²) in [6.45, 7) is 0. The van der Waals surface area contributed by atoms with Gasteiger partial charge >= 0.3 is 0 Å². The van der Waals surface area contributed by atoms with Crippen LogP contribution in [0.4, 0.5) is 0 Å². The summed E-state index contributed by atoms with van der Waals surface area (Å²) in [5.41, 5.74) is 2.01. The molecule has 3 aromatic rings. The van der Waals surface area contributed by atoms with E-state index in [4.69, 9.17) is 0 Å². The summed E-state index contributed by atoms with van der Waals surface area (Å²) in [7, 11) is 0. The van der Waals surface area contributed by atoms with E-state index in [0.29, 0.717) is 5.92 Å². The molecule has 2 aromatic carbocycles. The molecule has 3 nitrogen and oxygen atoms in total. The number of nitrogens with zero attached hydrogens (tertiary/aromatic N) is 1. The Morgan fingerprint density at radius 2 is 1.55 bits per heavy atom. The predicted octanol–water partition coefficient (Wildman–Crippen LogP) is 5.01. The van der Waals surface area contributed by atoms with E-state index >= 15 is 0 Å². The van der Waals surface area contributed by atoms with Crippen molar-refractivity contribution in [1.82, 2.24) is 4.98 Å². The van der Waals surface area contributed by atoms with Gasteiger partial charge in [0.05, 0.1) is 12.2 Å². The number of aromatic nitrogens is 1. The molecule has 0 spiro atoms. The second kappa shape index (κ2) is 10.4. The van der Waals surface area contributed by atoms with Crippen LogP contribution in [-0.2, 0) is 20.1 Å². The second-order valence-corrected chi connectivity index (χ2v) is 8.03. The first-order chi connectivity index (χ1) is 13.7. The summed E-state index contributed by atoms with van der Waals surface area (Å²) in [5.74, 6) is 0.810. The molecule has 29 heavy (non-hydrogen) atoms. The molecule has 0 aliphatic heterocycles. The Labute approximate surface area is 186 Å². The first-order valence-electron chi connectivity index (χ1n) is 10.4. The molecule has 0 bridgehead atoms. The van der Waals surface area contributed by atoms with E-state index in [1.807, 2.05) is 42.6 Å². The Balaban J connectivity index is 0.000000167. The van der Waals surface area contributed by atoms with Gasteiger partial charge in [-0.15, -0.1) is 35.9 Å². The monoisotopic (exact) mass is 567 g/mol. The van der Waals surface area contributed by atoms with Crippen molar-refractivity contribution in [3.05, 3.63) is 66.9 Å². The van der Waals surface area contributed by atoms with Gasteiger partial charge < -0.3 is 15.2 Å². The van der Waals surface area contributed by atoms with Gasteiger partial charge in [0.2, 0.25) is 0 Å². The summed E-state index contributed by atoms with van der Waals surface area (Å²) in [5, 5.41) is 21.8. The smallest absolute Gasteiger partial charge is 0.0595 e. The van der Waals surface area contributed by atoms with Gasteiger partial charge in [-0.25, -0.2) is 0 Å². The minimum Gasteiger partial charge on any atom is -0.393 e. The molecule has 2 saturated carbocycles. The van der Waals surface area contributed by atoms with Crippen LogP contribution in [0, 0.1) is 17.9 Å². The van der Waals surface area contributed by atoms with E-state index in [2.05, 4.69) is 29.2 Å². The fourth-order valence-electron chi connectivity index (χ4n) is 4.73. The summed E-state index contributed by atoms with van der Waals surface area (Å²) in [4.78, 5) is 4.45. The molecule has 0 saturated heterocycles. The molecule has 5 rings (SSSR count). The standard InChI is InChI=1S/C15H10N.C10H18O2.Ir/c1-2-6-12(7-3-1)15-10-13-8-4-5-9-14(13)11-16-15;11-8-4-2-1-3-7-5-6-9(12)10(7)8;/h1-6,8-11H;7-12H,1-6H2;/q-1;;. The van der Waals surface area contributed by atoms with Gasteiger partial charge in [-0.3, -0.25) is 0 Å². The van der Waals surface area contributed by atoms with E-state index in [9.17, 15) is 10.2 Å². The maximum absolute atomic E-state index is 9.77. The third kappa shape index (κ3) is 5.32. The zero-order valence-corrected chi connectivity index (χ0v) is 18.9. The van der Waals surface area contributed by atoms with Crippen LogP contribution < -0.4 is 0 Å². The first kappa shape index (κ1) is 22.1. The first-order valence-corrected chi connectivity index (χ1v) is 10.4. The Morgan fingerprint density at radius 1 is 0.828 bits per heavy atom. The zero-order chi connectivity index (χ0) is 19.3. The Bertz CT molecular complexity index is 901. The number of fused-ring (bicyclic) bond motifs is 2. The van der Waals surface area contributed by atoms with Crippen molar-refractivity contribution in [1.29, 1.82) is 0 Å². The fourth-order valence-corrected chi connectivity index (χ4v) is 4.73. The van der Waals surface area contributed by atoms with Crippen molar-refractivity contribution in [3.63, 3.8) is 0 Å². The molecule has 4 heteroatoms. The Morgan fingerprint density at radius 3 is 2.34 bits per heavy atom. The van der Waals surface area contributed by atoms with Crippen molar-refractivity contribution < 1.29 is 30.3 Å². The third-order valence-electron chi connectivity index (χ3n) is 6.21. The molecule has 1 heterocycles. The van der Waals surface area contributed by atoms with E-state index in [1.165, 1.54) is 23.6 Å². The van der Waals surface area contributed by atoms with Crippen LogP contribution in [0.25, 0.3) is 22.0 Å². The molecule has 2 N–H and O–H groups in total. The summed E-state index contributed by atoms with van der Waals surface area (Å²) in [6, 6.07) is 21.4. The molecule has 4 unspecified atom stereocenters. The van der Waals surface area contributed by atoms with Gasteiger partial charge in [0.15, 0.2) is 0 Å². The Kier molecular flexibility index (Phi) is 7.97. The van der Waals surface area contributed by atoms with Gasteiger partial charge in [0.25, 0.3) is 0 Å². The molecule has 2 fully saturated rings. The Hall–Kier alpha value is -1.58. The fraction of sp³-hybridized carbons (Fsp3) is 0.400. The minimum absolute atomic E-state index is 0. The van der Waals surface area contributed by atoms with Crippen molar-refractivity contribution >= 4 is 10.8 Å². The molecule has 2 aliphatic carbocycles. The van der Waals surface area contributed by atoms with Crippen molar-refractivity contribution in [2.45, 2.75) is 50.7 Å². The van der Waals surface area contributed by atoms with Crippen molar-refractivity contribution in [3.8, 4) is 11.3 Å². The molecule has 1 aromatic heterocycles. The second-order valence-electron chi connectivity index (χ2n) is 8.03. The number of hydrogen-bond donors (Lipinski definition) is 2. The third-order valence-corrected chi connectivity index (χ3v) is 6.21. The average Bonchev–Trinajstić information content (AvgIpc) is 3.01. The summed E-state index contributed by atoms with van der Waals surface area (Å²) in [6.07, 6.45) is 8.00. The van der Waals surface area contributed by atoms with E-state index < -0.39 is 0 Å². The largest absolute Gasteiger partial charge is 0.393 e. The van der Waals surface area contributed by atoms with Crippen LogP contribution in [0.1, 0.15) is 38.5 Å². The zero-order valence-electron chi connectivity index (χ0n) is 16.5. The number of pyridine rings is 1. The molecular formula is C25H28IrNO2-. The van der Waals surface area contributed by atoms with Crippen LogP contribution in [0.3, 0.4) is 0 Å². The summed E-state index contributed by atoms with van der Waals surface area (Å²) < 4.78 is 0. The molecule has 0 amide bonds. The van der Waals surface area contributed by atoms with Crippen molar-refractivity contribution in [2.75, 3.05) is 0 Å². The normalized spacial score (nSPS) is 25.9. The topological polar surface area (TPSA) is 53.4 Å². The van der Waals surface area contributed by atoms with Gasteiger partial charge in [0, 0.05) is 32.2 Å². The minimum atomic E-state index is -0.227. The average molecular weight is 567 g/mol. The van der Waals surface area contributed by atoms with Gasteiger partial charge in [0.1, 0.15) is 0 Å². The number of hydrogen-bond acceptors (Lipinski definition) is 3. The van der Waals surface area contributed by atoms with Crippen LogP contribution in [-0.4, -0.2) is 27.4 Å². The molecule has 155 valence electrons. The maximum Gasteiger partial charge on any atom is 0.0595 e. The summed E-state index contributed by atoms with van der Waals surface area (Å²) >= 11 is 0. The quantitative estimate of drug-likeness (QED) is 0.408. The number of benzene rings is 2. The predicted molar refractivity (Wildman–Crippen MR) is 113 cm³/mol. The molecule has 1 radical (unpaired) electrons. The van der Waals surface area contributed by atoms with Crippen LogP contribution in [0.2, 0.25) is 0 Å². The van der Waals surface area contributed by atoms with Gasteiger partial charge in [-0.2, -0.15) is 0 Å². The van der Waals surface area contributed by atoms with Gasteiger partial charge in [-0.05, 0) is 48.1 Å². The van der Waals surface area contributed by atoms with Gasteiger partial charge in [-0.1, -0.05) is 43.2 Å². The van der Waals surface area contributed by atoms with E-state index in [-0.39, 0.29) is 38.2 Å². The van der Waals surface area contributed by atoms with Crippen LogP contribution in [0.5, 0.6) is 0 Å². The maximum atomic E-state index is 9.77. The molecule has 4 atom stereocenters. The SMILES string of the molecule is OC1CCCCC2CCC(O)C12.[Ir].[c-]1ccccc1-c1cc2ccccc2cn1. The number of rotatable bonds is 1. The van der Waals surface area contributed by atoms with Crippen LogP contribution >= 0.6 is 0 Å². The van der Waals surface area contributed by atoms with E-state index in [1.54, 1.807) is 0 Å². The molecular weight excluding hydrogens is 538 g/mol. The number of aliphatic hydroxyl groups is 2. The molecule has 2 aliphatic rings. The van der Waals surface area contributed by atoms with Crippen molar-refractivity contribution in [2.24, 2.45) is 11.8 Å². The van der Waals surface area contributed by atoms with E-state index in [0.717, 1.165) is 36.9 Å². The number of aliphatic hydroxyl groups excluding tert-OH is 2. The van der Waals surface area contributed by atoms with Crippen LogP contribution in [0.15, 0.2) is 60.8 Å².